The van der Waals surface area contributed by atoms with E-state index in [2.05, 4.69) is 30.0 Å². The van der Waals surface area contributed by atoms with Crippen molar-refractivity contribution in [1.82, 2.24) is 15.3 Å². The van der Waals surface area contributed by atoms with Gasteiger partial charge in [-0.3, -0.25) is 14.8 Å². The van der Waals surface area contributed by atoms with Gasteiger partial charge in [0.15, 0.2) is 10.6 Å². The highest BCUT2D eigenvalue weighted by atomic mass is 32.2. The maximum absolute atomic E-state index is 12.4. The number of thiazole rings is 1. The first-order valence-corrected chi connectivity index (χ1v) is 9.99. The van der Waals surface area contributed by atoms with E-state index in [4.69, 9.17) is 0 Å². The zero-order valence-corrected chi connectivity index (χ0v) is 15.4. The van der Waals surface area contributed by atoms with Crippen molar-refractivity contribution in [3.05, 3.63) is 58.1 Å². The molecule has 13 heteroatoms. The van der Waals surface area contributed by atoms with Crippen molar-refractivity contribution in [2.75, 3.05) is 10.0 Å². The molecule has 2 aromatic heterocycles. The molecule has 28 heavy (non-hydrogen) atoms. The number of sulfonamides is 1. The summed E-state index contributed by atoms with van der Waals surface area (Å²) in [5.74, 6) is 0. The Bertz CT molecular complexity index is 1250. The Morgan fingerprint density at radius 2 is 1.82 bits per heavy atom. The van der Waals surface area contributed by atoms with Crippen LogP contribution in [0.1, 0.15) is 0 Å². The third-order valence-corrected chi connectivity index (χ3v) is 5.86. The minimum atomic E-state index is -3.76. The van der Waals surface area contributed by atoms with Gasteiger partial charge in [0.2, 0.25) is 5.52 Å². The third-order valence-electron chi connectivity index (χ3n) is 3.69. The number of fused-ring (bicyclic) bond motifs is 1. The number of nitrogens with zero attached hydrogens (tertiary/aromatic N) is 4. The average Bonchev–Trinajstić information content (AvgIpc) is 3.34. The van der Waals surface area contributed by atoms with Crippen LogP contribution in [0.15, 0.2) is 57.5 Å². The number of nitrogens with one attached hydrogen (secondary N) is 2. The fraction of sp³-hybridized carbons (Fsp3) is 0. The summed E-state index contributed by atoms with van der Waals surface area (Å²) in [6.45, 7) is 0. The summed E-state index contributed by atoms with van der Waals surface area (Å²) in [6.07, 6.45) is 1.50. The molecule has 0 aliphatic heterocycles. The summed E-state index contributed by atoms with van der Waals surface area (Å²) in [4.78, 5) is 14.4. The quantitative estimate of drug-likeness (QED) is 0.355. The Hall–Kier alpha value is -3.58. The molecule has 0 saturated heterocycles. The van der Waals surface area contributed by atoms with E-state index in [0.717, 1.165) is 0 Å². The number of benzene rings is 2. The molecule has 0 bridgehead atoms. The molecule has 0 aliphatic rings. The molecule has 0 unspecified atom stereocenters. The molecule has 0 radical (unpaired) electrons. The van der Waals surface area contributed by atoms with Gasteiger partial charge in [-0.15, -0.1) is 11.3 Å². The molecule has 0 saturated carbocycles. The van der Waals surface area contributed by atoms with Gasteiger partial charge >= 0.3 is 5.69 Å². The second-order valence-corrected chi connectivity index (χ2v) is 8.02. The fourth-order valence-corrected chi connectivity index (χ4v) is 4.21. The number of hydrogen-bond donors (Lipinski definition) is 2. The van der Waals surface area contributed by atoms with Crippen LogP contribution in [0.25, 0.3) is 11.0 Å². The monoisotopic (exact) mass is 418 g/mol. The first-order valence-electron chi connectivity index (χ1n) is 7.63. The lowest BCUT2D eigenvalue weighted by Gasteiger charge is -2.09. The topological polar surface area (TPSA) is 153 Å². The summed E-state index contributed by atoms with van der Waals surface area (Å²) in [6, 6.07) is 8.70. The van der Waals surface area contributed by atoms with E-state index >= 15 is 0 Å². The summed E-state index contributed by atoms with van der Waals surface area (Å²) in [5.41, 5.74) is 0.958. The molecule has 4 rings (SSSR count). The van der Waals surface area contributed by atoms with Crippen LogP contribution in [0.2, 0.25) is 0 Å². The Labute approximate surface area is 161 Å². The summed E-state index contributed by atoms with van der Waals surface area (Å²) in [7, 11) is -3.76. The minimum absolute atomic E-state index is 0.0156. The van der Waals surface area contributed by atoms with Crippen LogP contribution in [0.3, 0.4) is 0 Å². The van der Waals surface area contributed by atoms with Crippen molar-refractivity contribution in [3.63, 3.8) is 0 Å². The van der Waals surface area contributed by atoms with E-state index in [1.165, 1.54) is 41.8 Å². The molecule has 142 valence electrons. The van der Waals surface area contributed by atoms with Gasteiger partial charge in [-0.2, -0.15) is 0 Å². The predicted molar refractivity (Wildman–Crippen MR) is 101 cm³/mol. The van der Waals surface area contributed by atoms with Gasteiger partial charge in [0.1, 0.15) is 0 Å². The van der Waals surface area contributed by atoms with Crippen LogP contribution in [0.5, 0.6) is 0 Å². The predicted octanol–water partition coefficient (Wildman–Crippen LogP) is 3.13. The van der Waals surface area contributed by atoms with Gasteiger partial charge in [-0.05, 0) is 40.6 Å². The van der Waals surface area contributed by atoms with Gasteiger partial charge in [-0.1, -0.05) is 0 Å². The van der Waals surface area contributed by atoms with Gasteiger partial charge in [-0.25, -0.2) is 18.0 Å². The van der Waals surface area contributed by atoms with E-state index in [9.17, 15) is 18.5 Å². The van der Waals surface area contributed by atoms with Gasteiger partial charge in [0, 0.05) is 23.3 Å². The molecule has 0 amide bonds. The standard InChI is InChI=1S/C15H10N6O5S2/c22-21(23)12-6-5-11(13-14(12)19-26-18-13)17-9-1-3-10(4-2-9)28(24,25)20-15-16-7-8-27-15/h1-8,17H,(H,16,20). The molecule has 0 atom stereocenters. The number of anilines is 3. The Balaban J connectivity index is 1.59. The summed E-state index contributed by atoms with van der Waals surface area (Å²) >= 11 is 1.17. The Morgan fingerprint density at radius 3 is 2.50 bits per heavy atom. The van der Waals surface area contributed by atoms with E-state index in [1.54, 1.807) is 17.5 Å². The maximum Gasteiger partial charge on any atom is 0.300 e. The van der Waals surface area contributed by atoms with Crippen molar-refractivity contribution in [2.24, 2.45) is 0 Å². The van der Waals surface area contributed by atoms with E-state index in [0.29, 0.717) is 11.4 Å². The van der Waals surface area contributed by atoms with Crippen molar-refractivity contribution in [1.29, 1.82) is 0 Å². The van der Waals surface area contributed by atoms with Crippen molar-refractivity contribution < 1.29 is 18.0 Å². The van der Waals surface area contributed by atoms with Crippen LogP contribution < -0.4 is 10.0 Å². The molecule has 2 aromatic carbocycles. The molecule has 0 fully saturated rings. The molecule has 0 spiro atoms. The highest BCUT2D eigenvalue weighted by Crippen LogP contribution is 2.31. The average molecular weight is 418 g/mol. The second-order valence-electron chi connectivity index (χ2n) is 5.44. The van der Waals surface area contributed by atoms with Crippen molar-refractivity contribution in [3.8, 4) is 0 Å². The molecule has 2 N–H and O–H groups in total. The largest absolute Gasteiger partial charge is 0.354 e. The summed E-state index contributed by atoms with van der Waals surface area (Å²) in [5, 5.41) is 23.2. The fourth-order valence-electron chi connectivity index (χ4n) is 2.42. The SMILES string of the molecule is O=[N+]([O-])c1ccc(Nc2ccc(S(=O)(=O)Nc3nccs3)cc2)c2nonc12. The number of nitro groups is 1. The molecule has 11 nitrogen and oxygen atoms in total. The van der Waals surface area contributed by atoms with Crippen LogP contribution in [0.4, 0.5) is 22.2 Å². The number of non-ortho nitro benzene ring substituents is 1. The molecule has 2 heterocycles. The lowest BCUT2D eigenvalue weighted by molar-refractivity contribution is -0.383. The van der Waals surface area contributed by atoms with Crippen molar-refractivity contribution in [2.45, 2.75) is 4.90 Å². The third kappa shape index (κ3) is 3.35. The maximum atomic E-state index is 12.4. The highest BCUT2D eigenvalue weighted by molar-refractivity contribution is 7.93. The zero-order valence-electron chi connectivity index (χ0n) is 13.8. The van der Waals surface area contributed by atoms with Crippen LogP contribution in [-0.4, -0.2) is 28.6 Å². The van der Waals surface area contributed by atoms with Gasteiger partial charge in [0.25, 0.3) is 10.0 Å². The molecular weight excluding hydrogens is 408 g/mol. The van der Waals surface area contributed by atoms with Gasteiger partial charge in [0.05, 0.1) is 15.5 Å². The van der Waals surface area contributed by atoms with Crippen LogP contribution >= 0.6 is 11.3 Å². The number of nitro benzene ring substituents is 1. The smallest absolute Gasteiger partial charge is 0.300 e. The lowest BCUT2D eigenvalue weighted by atomic mass is 10.2. The van der Waals surface area contributed by atoms with E-state index < -0.39 is 14.9 Å². The zero-order chi connectivity index (χ0) is 19.7. The molecule has 4 aromatic rings. The number of rotatable bonds is 6. The van der Waals surface area contributed by atoms with Crippen LogP contribution in [-0.2, 0) is 10.0 Å². The van der Waals surface area contributed by atoms with Crippen molar-refractivity contribution >= 4 is 54.6 Å². The van der Waals surface area contributed by atoms with Crippen LogP contribution in [0, 0.1) is 10.1 Å². The first kappa shape index (κ1) is 17.8. The van der Waals surface area contributed by atoms with E-state index in [-0.39, 0.29) is 26.7 Å². The van der Waals surface area contributed by atoms with E-state index in [1.807, 2.05) is 0 Å². The number of aromatic nitrogens is 3. The summed E-state index contributed by atoms with van der Waals surface area (Å²) < 4.78 is 31.7. The lowest BCUT2D eigenvalue weighted by Crippen LogP contribution is -2.12. The highest BCUT2D eigenvalue weighted by Gasteiger charge is 2.20. The Kier molecular flexibility index (Phi) is 4.37. The molecule has 0 aliphatic carbocycles. The number of hydrogen-bond acceptors (Lipinski definition) is 10. The Morgan fingerprint density at radius 1 is 1.07 bits per heavy atom. The molecular formula is C15H10N6O5S2. The van der Waals surface area contributed by atoms with Gasteiger partial charge < -0.3 is 5.32 Å². The normalized spacial score (nSPS) is 11.4. The minimum Gasteiger partial charge on any atom is -0.354 e. The first-order chi connectivity index (χ1) is 13.4. The second kappa shape index (κ2) is 6.86.